The molecule has 0 atom stereocenters. The summed E-state index contributed by atoms with van der Waals surface area (Å²) in [4.78, 5) is 34.2. The Balaban J connectivity index is 2.03. The molecule has 2 aromatic carbocycles. The number of rotatable bonds is 3. The number of nitro groups is 1. The van der Waals surface area contributed by atoms with Crippen LogP contribution in [0, 0.1) is 10.1 Å². The Kier molecular flexibility index (Phi) is 3.56. The van der Waals surface area contributed by atoms with Gasteiger partial charge >= 0.3 is 4.87 Å². The Morgan fingerprint density at radius 2 is 1.91 bits per heavy atom. The fourth-order valence-electron chi connectivity index (χ4n) is 2.21. The monoisotopic (exact) mass is 314 g/mol. The Labute approximate surface area is 128 Å². The van der Waals surface area contributed by atoms with Gasteiger partial charge in [-0.1, -0.05) is 41.7 Å². The normalized spacial score (nSPS) is 10.7. The number of hydrogen-bond acceptors (Lipinski definition) is 5. The molecule has 0 saturated heterocycles. The number of nitrogens with zero attached hydrogens (tertiary/aromatic N) is 2. The van der Waals surface area contributed by atoms with Crippen LogP contribution in [0.3, 0.4) is 0 Å². The molecule has 0 fully saturated rings. The van der Waals surface area contributed by atoms with Gasteiger partial charge in [0.05, 0.1) is 21.6 Å². The third-order valence-electron chi connectivity index (χ3n) is 3.22. The maximum Gasteiger partial charge on any atom is 0.314 e. The Morgan fingerprint density at radius 1 is 1.18 bits per heavy atom. The maximum atomic E-state index is 12.4. The molecule has 0 N–H and O–H groups in total. The van der Waals surface area contributed by atoms with E-state index in [1.54, 1.807) is 0 Å². The van der Waals surface area contributed by atoms with Crippen LogP contribution in [0.4, 0.5) is 5.69 Å². The van der Waals surface area contributed by atoms with Crippen LogP contribution in [0.2, 0.25) is 0 Å². The van der Waals surface area contributed by atoms with Crippen molar-refractivity contribution in [2.45, 2.75) is 6.42 Å². The van der Waals surface area contributed by atoms with Gasteiger partial charge in [-0.05, 0) is 11.6 Å². The number of non-ortho nitro benzene ring substituents is 1. The van der Waals surface area contributed by atoms with E-state index in [0.29, 0.717) is 10.2 Å². The number of carbonyl (C=O) groups is 1. The quantitative estimate of drug-likeness (QED) is 0.550. The lowest BCUT2D eigenvalue weighted by Crippen LogP contribution is -2.23. The minimum atomic E-state index is -0.528. The summed E-state index contributed by atoms with van der Waals surface area (Å²) >= 11 is 0.831. The number of benzene rings is 2. The highest BCUT2D eigenvalue weighted by Crippen LogP contribution is 2.23. The first-order valence-electron chi connectivity index (χ1n) is 6.43. The first-order valence-corrected chi connectivity index (χ1v) is 7.25. The van der Waals surface area contributed by atoms with E-state index in [1.807, 2.05) is 30.3 Å². The van der Waals surface area contributed by atoms with E-state index in [1.165, 1.54) is 18.2 Å². The van der Waals surface area contributed by atoms with E-state index in [4.69, 9.17) is 0 Å². The van der Waals surface area contributed by atoms with E-state index >= 15 is 0 Å². The molecule has 0 radical (unpaired) electrons. The molecule has 1 aromatic heterocycles. The van der Waals surface area contributed by atoms with Gasteiger partial charge in [0, 0.05) is 12.1 Å². The maximum absolute atomic E-state index is 12.4. The first-order chi connectivity index (χ1) is 10.6. The minimum Gasteiger partial charge on any atom is -0.274 e. The second-order valence-electron chi connectivity index (χ2n) is 4.67. The Bertz CT molecular complexity index is 928. The standard InChI is InChI=1S/C15H10N2O4S/c18-14(8-10-4-2-1-3-5-10)16-12-7-6-11(17(20)21)9-13(12)22-15(16)19/h1-7,9H,8H2. The van der Waals surface area contributed by atoms with E-state index in [9.17, 15) is 19.7 Å². The second-order valence-corrected chi connectivity index (χ2v) is 5.66. The minimum absolute atomic E-state index is 0.101. The molecule has 3 aromatic rings. The number of thiazole rings is 1. The lowest BCUT2D eigenvalue weighted by molar-refractivity contribution is -0.384. The van der Waals surface area contributed by atoms with Gasteiger partial charge in [0.15, 0.2) is 0 Å². The molecule has 0 bridgehead atoms. The highest BCUT2D eigenvalue weighted by molar-refractivity contribution is 7.16. The topological polar surface area (TPSA) is 82.2 Å². The average Bonchev–Trinajstić information content (AvgIpc) is 2.83. The molecule has 110 valence electrons. The van der Waals surface area contributed by atoms with Crippen LogP contribution in [0.5, 0.6) is 0 Å². The molecular weight excluding hydrogens is 304 g/mol. The van der Waals surface area contributed by atoms with Crippen molar-refractivity contribution in [2.75, 3.05) is 0 Å². The zero-order valence-electron chi connectivity index (χ0n) is 11.3. The van der Waals surface area contributed by atoms with Crippen LogP contribution >= 0.6 is 11.3 Å². The average molecular weight is 314 g/mol. The molecule has 0 amide bonds. The number of carbonyl (C=O) groups excluding carboxylic acids is 1. The van der Waals surface area contributed by atoms with Gasteiger partial charge in [-0.15, -0.1) is 0 Å². The molecule has 0 aliphatic rings. The van der Waals surface area contributed by atoms with Crippen LogP contribution in [0.1, 0.15) is 10.4 Å². The molecule has 1 heterocycles. The largest absolute Gasteiger partial charge is 0.314 e. The van der Waals surface area contributed by atoms with Gasteiger partial charge in [0.2, 0.25) is 5.91 Å². The van der Waals surface area contributed by atoms with Gasteiger partial charge in [-0.2, -0.15) is 0 Å². The van der Waals surface area contributed by atoms with Crippen molar-refractivity contribution in [1.29, 1.82) is 0 Å². The fraction of sp³-hybridized carbons (Fsp3) is 0.0667. The van der Waals surface area contributed by atoms with Gasteiger partial charge in [-0.25, -0.2) is 4.57 Å². The van der Waals surface area contributed by atoms with Crippen molar-refractivity contribution in [3.05, 3.63) is 73.9 Å². The summed E-state index contributed by atoms with van der Waals surface area (Å²) in [5.74, 6) is -0.351. The van der Waals surface area contributed by atoms with Crippen LogP contribution in [0.15, 0.2) is 53.3 Å². The summed E-state index contributed by atoms with van der Waals surface area (Å²) in [5, 5.41) is 10.8. The zero-order valence-corrected chi connectivity index (χ0v) is 12.1. The number of aromatic nitrogens is 1. The van der Waals surface area contributed by atoms with Gasteiger partial charge in [0.25, 0.3) is 5.69 Å². The highest BCUT2D eigenvalue weighted by Gasteiger charge is 2.17. The van der Waals surface area contributed by atoms with Crippen LogP contribution in [-0.4, -0.2) is 15.4 Å². The summed E-state index contributed by atoms with van der Waals surface area (Å²) in [6.45, 7) is 0. The molecule has 22 heavy (non-hydrogen) atoms. The Morgan fingerprint density at radius 3 is 2.59 bits per heavy atom. The van der Waals surface area contributed by atoms with Gasteiger partial charge < -0.3 is 0 Å². The molecule has 0 aliphatic heterocycles. The number of fused-ring (bicyclic) bond motifs is 1. The van der Waals surface area contributed by atoms with Crippen molar-refractivity contribution in [3.63, 3.8) is 0 Å². The molecule has 0 saturated carbocycles. The molecule has 7 heteroatoms. The number of nitro benzene ring substituents is 1. The molecule has 0 aliphatic carbocycles. The summed E-state index contributed by atoms with van der Waals surface area (Å²) in [7, 11) is 0. The van der Waals surface area contributed by atoms with Crippen LogP contribution < -0.4 is 4.87 Å². The van der Waals surface area contributed by atoms with E-state index < -0.39 is 9.80 Å². The van der Waals surface area contributed by atoms with Crippen molar-refractivity contribution < 1.29 is 9.72 Å². The fourth-order valence-corrected chi connectivity index (χ4v) is 3.13. The molecule has 6 nitrogen and oxygen atoms in total. The predicted molar refractivity (Wildman–Crippen MR) is 83.5 cm³/mol. The van der Waals surface area contributed by atoms with E-state index in [2.05, 4.69) is 0 Å². The van der Waals surface area contributed by atoms with Crippen molar-refractivity contribution in [2.24, 2.45) is 0 Å². The molecule has 3 rings (SSSR count). The van der Waals surface area contributed by atoms with Crippen molar-refractivity contribution in [3.8, 4) is 0 Å². The summed E-state index contributed by atoms with van der Waals surface area (Å²) < 4.78 is 1.51. The van der Waals surface area contributed by atoms with Gasteiger partial charge in [-0.3, -0.25) is 19.7 Å². The third kappa shape index (κ3) is 2.53. The SMILES string of the molecule is O=C(Cc1ccccc1)n1c(=O)sc2cc([N+](=O)[O-])ccc21. The molecule has 0 unspecified atom stereocenters. The molecule has 0 spiro atoms. The first kappa shape index (κ1) is 14.2. The summed E-state index contributed by atoms with van der Waals surface area (Å²) in [5.41, 5.74) is 1.11. The van der Waals surface area contributed by atoms with Crippen LogP contribution in [0.25, 0.3) is 10.2 Å². The zero-order chi connectivity index (χ0) is 15.7. The second kappa shape index (κ2) is 5.53. The molecular formula is C15H10N2O4S. The number of hydrogen-bond donors (Lipinski definition) is 0. The Hall–Kier alpha value is -2.80. The van der Waals surface area contributed by atoms with Gasteiger partial charge in [0.1, 0.15) is 0 Å². The van der Waals surface area contributed by atoms with Crippen LogP contribution in [-0.2, 0) is 6.42 Å². The summed E-state index contributed by atoms with van der Waals surface area (Å²) in [6, 6.07) is 13.1. The summed E-state index contributed by atoms with van der Waals surface area (Å²) in [6.07, 6.45) is 0.101. The lowest BCUT2D eigenvalue weighted by atomic mass is 10.1. The van der Waals surface area contributed by atoms with E-state index in [0.717, 1.165) is 21.5 Å². The third-order valence-corrected chi connectivity index (χ3v) is 4.13. The van der Waals surface area contributed by atoms with Crippen molar-refractivity contribution >= 4 is 33.1 Å². The predicted octanol–water partition coefficient (Wildman–Crippen LogP) is 2.85. The van der Waals surface area contributed by atoms with E-state index in [-0.39, 0.29) is 18.0 Å². The van der Waals surface area contributed by atoms with Crippen molar-refractivity contribution in [1.82, 2.24) is 4.57 Å². The smallest absolute Gasteiger partial charge is 0.274 e. The highest BCUT2D eigenvalue weighted by atomic mass is 32.1. The lowest BCUT2D eigenvalue weighted by Gasteiger charge is -2.03.